The number of carbonyl (C=O) groups is 1. The molecule has 1 saturated heterocycles. The van der Waals surface area contributed by atoms with Gasteiger partial charge in [0.15, 0.2) is 5.13 Å². The molecule has 8 heteroatoms. The van der Waals surface area contributed by atoms with Crippen LogP contribution in [-0.2, 0) is 16.0 Å². The molecule has 3 N–H and O–H groups in total. The lowest BCUT2D eigenvalue weighted by Crippen LogP contribution is -2.29. The van der Waals surface area contributed by atoms with Gasteiger partial charge in [-0.3, -0.25) is 10.1 Å². The third-order valence-corrected chi connectivity index (χ3v) is 5.54. The quantitative estimate of drug-likeness (QED) is 0.802. The van der Waals surface area contributed by atoms with Gasteiger partial charge in [-0.1, -0.05) is 29.8 Å². The highest BCUT2D eigenvalue weighted by molar-refractivity contribution is 7.15. The third kappa shape index (κ3) is 4.92. The molecular weight excluding hydrogens is 381 g/mol. The van der Waals surface area contributed by atoms with Crippen molar-refractivity contribution in [2.45, 2.75) is 38.4 Å². The Labute approximate surface area is 162 Å². The van der Waals surface area contributed by atoms with E-state index in [1.165, 1.54) is 11.3 Å². The molecule has 0 aliphatic carbocycles. The molecule has 2 atom stereocenters. The van der Waals surface area contributed by atoms with Crippen molar-refractivity contribution < 1.29 is 9.53 Å². The number of hydrogen-bond donors (Lipinski definition) is 2. The van der Waals surface area contributed by atoms with Crippen LogP contribution >= 0.6 is 35.3 Å². The number of benzene rings is 1. The van der Waals surface area contributed by atoms with Gasteiger partial charge in [0.25, 0.3) is 5.91 Å². The van der Waals surface area contributed by atoms with E-state index in [1.54, 1.807) is 0 Å². The van der Waals surface area contributed by atoms with Crippen molar-refractivity contribution in [3.8, 4) is 0 Å². The number of nitrogens with one attached hydrogen (secondary N) is 1. The minimum absolute atomic E-state index is 0. The summed E-state index contributed by atoms with van der Waals surface area (Å²) >= 11 is 7.69. The number of carbonyl (C=O) groups excluding carboxylic acids is 1. The van der Waals surface area contributed by atoms with Crippen molar-refractivity contribution in [1.29, 1.82) is 0 Å². The highest BCUT2D eigenvalue weighted by atomic mass is 35.5. The van der Waals surface area contributed by atoms with Crippen LogP contribution in [0.4, 0.5) is 5.13 Å². The molecule has 2 heterocycles. The standard InChI is InChI=1S/C17H20ClN3O2S.ClH/c1-10-15(8-11-4-2-3-5-13(11)18)24-17(20-10)21-16(22)14-7-6-12(9-19)23-14;/h2-5,12,14H,6-9,19H2,1H3,(H,20,21,22);1H/t12-,14+;/m1./s1. The summed E-state index contributed by atoms with van der Waals surface area (Å²) in [6.07, 6.45) is 1.77. The highest BCUT2D eigenvalue weighted by Gasteiger charge is 2.30. The largest absolute Gasteiger partial charge is 0.364 e. The van der Waals surface area contributed by atoms with Crippen LogP contribution in [0.15, 0.2) is 24.3 Å². The fourth-order valence-electron chi connectivity index (χ4n) is 2.72. The number of aryl methyl sites for hydroxylation is 1. The molecule has 5 nitrogen and oxygen atoms in total. The minimum atomic E-state index is -0.435. The number of ether oxygens (including phenoxy) is 1. The first-order chi connectivity index (χ1) is 11.6. The number of rotatable bonds is 5. The van der Waals surface area contributed by atoms with Gasteiger partial charge >= 0.3 is 0 Å². The summed E-state index contributed by atoms with van der Waals surface area (Å²) in [4.78, 5) is 17.8. The van der Waals surface area contributed by atoms with Gasteiger partial charge in [0.05, 0.1) is 11.8 Å². The van der Waals surface area contributed by atoms with E-state index in [1.807, 2.05) is 31.2 Å². The van der Waals surface area contributed by atoms with Crippen molar-refractivity contribution >= 4 is 46.4 Å². The predicted molar refractivity (Wildman–Crippen MR) is 104 cm³/mol. The lowest BCUT2D eigenvalue weighted by molar-refractivity contribution is -0.126. The van der Waals surface area contributed by atoms with Crippen LogP contribution in [0.25, 0.3) is 0 Å². The normalized spacial score (nSPS) is 19.5. The molecule has 0 bridgehead atoms. The molecule has 0 spiro atoms. The van der Waals surface area contributed by atoms with Gasteiger partial charge < -0.3 is 10.5 Å². The maximum atomic E-state index is 12.3. The van der Waals surface area contributed by atoms with E-state index in [0.29, 0.717) is 24.5 Å². The Morgan fingerprint density at radius 1 is 1.44 bits per heavy atom. The molecule has 0 unspecified atom stereocenters. The van der Waals surface area contributed by atoms with Crippen molar-refractivity contribution in [1.82, 2.24) is 4.98 Å². The summed E-state index contributed by atoms with van der Waals surface area (Å²) in [7, 11) is 0. The molecular formula is C17H21Cl2N3O2S. The number of nitrogens with zero attached hydrogens (tertiary/aromatic N) is 1. The second kappa shape index (κ2) is 8.96. The van der Waals surface area contributed by atoms with E-state index in [9.17, 15) is 4.79 Å². The second-order valence-electron chi connectivity index (χ2n) is 5.84. The molecule has 0 radical (unpaired) electrons. The molecule has 1 fully saturated rings. The Bertz CT molecular complexity index is 738. The van der Waals surface area contributed by atoms with E-state index in [0.717, 1.165) is 27.6 Å². The van der Waals surface area contributed by atoms with E-state index < -0.39 is 6.10 Å². The zero-order chi connectivity index (χ0) is 17.1. The van der Waals surface area contributed by atoms with Crippen LogP contribution in [0, 0.1) is 6.92 Å². The zero-order valence-electron chi connectivity index (χ0n) is 13.8. The van der Waals surface area contributed by atoms with Crippen LogP contribution in [0.3, 0.4) is 0 Å². The van der Waals surface area contributed by atoms with Crippen LogP contribution in [0.2, 0.25) is 5.02 Å². The summed E-state index contributed by atoms with van der Waals surface area (Å²) in [5, 5.41) is 4.20. The first-order valence-electron chi connectivity index (χ1n) is 7.93. The second-order valence-corrected chi connectivity index (χ2v) is 7.34. The fraction of sp³-hybridized carbons (Fsp3) is 0.412. The van der Waals surface area contributed by atoms with Gasteiger partial charge in [-0.05, 0) is 31.4 Å². The van der Waals surface area contributed by atoms with Crippen molar-refractivity contribution in [3.05, 3.63) is 45.4 Å². The molecule has 136 valence electrons. The molecule has 3 rings (SSSR count). The van der Waals surface area contributed by atoms with Crippen LogP contribution < -0.4 is 11.1 Å². The smallest absolute Gasteiger partial charge is 0.255 e. The minimum Gasteiger partial charge on any atom is -0.364 e. The molecule has 0 saturated carbocycles. The average molecular weight is 402 g/mol. The van der Waals surface area contributed by atoms with Gasteiger partial charge in [-0.25, -0.2) is 4.98 Å². The fourth-order valence-corrected chi connectivity index (χ4v) is 3.91. The summed E-state index contributed by atoms with van der Waals surface area (Å²) in [5.41, 5.74) is 7.53. The van der Waals surface area contributed by atoms with Gasteiger partial charge in [0.2, 0.25) is 0 Å². The van der Waals surface area contributed by atoms with E-state index in [-0.39, 0.29) is 24.4 Å². The van der Waals surface area contributed by atoms with E-state index in [2.05, 4.69) is 10.3 Å². The van der Waals surface area contributed by atoms with Gasteiger partial charge in [0.1, 0.15) is 6.10 Å². The maximum Gasteiger partial charge on any atom is 0.255 e. The monoisotopic (exact) mass is 401 g/mol. The summed E-state index contributed by atoms with van der Waals surface area (Å²) < 4.78 is 5.62. The number of halogens is 2. The SMILES string of the molecule is Cc1nc(NC(=O)[C@@H]2CC[C@H](CN)O2)sc1Cc1ccccc1Cl.Cl. The Morgan fingerprint density at radius 2 is 2.20 bits per heavy atom. The Morgan fingerprint density at radius 3 is 2.88 bits per heavy atom. The number of thiazole rings is 1. The van der Waals surface area contributed by atoms with E-state index >= 15 is 0 Å². The molecule has 2 aromatic rings. The first kappa shape index (κ1) is 20.1. The molecule has 1 aliphatic heterocycles. The van der Waals surface area contributed by atoms with Crippen LogP contribution in [-0.4, -0.2) is 29.6 Å². The molecule has 1 aliphatic rings. The number of hydrogen-bond acceptors (Lipinski definition) is 5. The number of nitrogens with two attached hydrogens (primary N) is 1. The Balaban J connectivity index is 0.00000225. The van der Waals surface area contributed by atoms with Gasteiger partial charge in [-0.2, -0.15) is 0 Å². The lowest BCUT2D eigenvalue weighted by atomic mass is 10.1. The van der Waals surface area contributed by atoms with Gasteiger partial charge in [-0.15, -0.1) is 23.7 Å². The molecule has 25 heavy (non-hydrogen) atoms. The van der Waals surface area contributed by atoms with Crippen LogP contribution in [0.5, 0.6) is 0 Å². The van der Waals surface area contributed by atoms with Crippen LogP contribution in [0.1, 0.15) is 29.0 Å². The summed E-state index contributed by atoms with van der Waals surface area (Å²) in [6, 6.07) is 7.75. The maximum absolute atomic E-state index is 12.3. The zero-order valence-corrected chi connectivity index (χ0v) is 16.2. The number of aromatic nitrogens is 1. The summed E-state index contributed by atoms with van der Waals surface area (Å²) in [5.74, 6) is -0.149. The van der Waals surface area contributed by atoms with Crippen molar-refractivity contribution in [3.63, 3.8) is 0 Å². The average Bonchev–Trinajstić information content (AvgIpc) is 3.17. The molecule has 1 aromatic heterocycles. The third-order valence-electron chi connectivity index (χ3n) is 4.09. The summed E-state index contributed by atoms with van der Waals surface area (Å²) in [6.45, 7) is 2.39. The van der Waals surface area contributed by atoms with Crippen molar-refractivity contribution in [2.75, 3.05) is 11.9 Å². The van der Waals surface area contributed by atoms with Gasteiger partial charge in [0, 0.05) is 22.9 Å². The first-order valence-corrected chi connectivity index (χ1v) is 9.12. The predicted octanol–water partition coefficient (Wildman–Crippen LogP) is 3.56. The number of amides is 1. The lowest BCUT2D eigenvalue weighted by Gasteiger charge is -2.11. The Kier molecular flexibility index (Phi) is 7.22. The highest BCUT2D eigenvalue weighted by Crippen LogP contribution is 2.28. The molecule has 1 amide bonds. The molecule has 1 aromatic carbocycles. The van der Waals surface area contributed by atoms with Crippen molar-refractivity contribution in [2.24, 2.45) is 5.73 Å². The number of anilines is 1. The topological polar surface area (TPSA) is 77.2 Å². The van der Waals surface area contributed by atoms with E-state index in [4.69, 9.17) is 22.1 Å². The Hall–Kier alpha value is -1.18.